The molecular formula is C14H16ClN3O. The van der Waals surface area contributed by atoms with Crippen molar-refractivity contribution in [3.05, 3.63) is 40.3 Å². The van der Waals surface area contributed by atoms with E-state index in [1.165, 1.54) is 5.56 Å². The molecule has 5 heteroatoms. The lowest BCUT2D eigenvalue weighted by atomic mass is 10.1. The fourth-order valence-corrected chi connectivity index (χ4v) is 2.66. The highest BCUT2D eigenvalue weighted by atomic mass is 35.5. The number of nitrogens with two attached hydrogens (primary N) is 1. The summed E-state index contributed by atoms with van der Waals surface area (Å²) in [5, 5.41) is 0.765. The zero-order valence-corrected chi connectivity index (χ0v) is 11.5. The molecule has 3 rings (SSSR count). The molecule has 0 bridgehead atoms. The van der Waals surface area contributed by atoms with Crippen molar-refractivity contribution in [1.82, 2.24) is 9.97 Å². The van der Waals surface area contributed by atoms with Crippen molar-refractivity contribution >= 4 is 11.6 Å². The average molecular weight is 278 g/mol. The number of benzene rings is 1. The van der Waals surface area contributed by atoms with Gasteiger partial charge >= 0.3 is 0 Å². The number of halogens is 1. The van der Waals surface area contributed by atoms with Crippen LogP contribution in [-0.2, 0) is 11.2 Å². The lowest BCUT2D eigenvalue weighted by molar-refractivity contribution is 0.187. The molecule has 0 fully saturated rings. The lowest BCUT2D eigenvalue weighted by Gasteiger charge is -2.08. The van der Waals surface area contributed by atoms with Crippen molar-refractivity contribution in [2.45, 2.75) is 18.9 Å². The molecule has 1 aliphatic rings. The monoisotopic (exact) mass is 277 g/mol. The number of fused-ring (bicyclic) bond motifs is 3. The van der Waals surface area contributed by atoms with Gasteiger partial charge in [0, 0.05) is 36.4 Å². The molecule has 1 heterocycles. The second-order valence-electron chi connectivity index (χ2n) is 4.82. The topological polar surface area (TPSA) is 63.9 Å². The van der Waals surface area contributed by atoms with Gasteiger partial charge in [0.25, 0.3) is 0 Å². The van der Waals surface area contributed by atoms with Crippen molar-refractivity contribution in [3.8, 4) is 11.3 Å². The summed E-state index contributed by atoms with van der Waals surface area (Å²) < 4.78 is 5.04. The first-order chi connectivity index (χ1) is 9.19. The zero-order valence-electron chi connectivity index (χ0n) is 10.7. The molecule has 100 valence electrons. The van der Waals surface area contributed by atoms with Gasteiger partial charge in [0.05, 0.1) is 11.7 Å². The van der Waals surface area contributed by atoms with Gasteiger partial charge < -0.3 is 15.5 Å². The Labute approximate surface area is 116 Å². The molecule has 1 unspecified atom stereocenters. The van der Waals surface area contributed by atoms with Gasteiger partial charge in [0.15, 0.2) is 0 Å². The van der Waals surface area contributed by atoms with Crippen molar-refractivity contribution in [2.75, 3.05) is 13.7 Å². The summed E-state index contributed by atoms with van der Waals surface area (Å²) in [7, 11) is 1.68. The summed E-state index contributed by atoms with van der Waals surface area (Å²) in [6.07, 6.45) is 1.60. The summed E-state index contributed by atoms with van der Waals surface area (Å²) in [5.41, 5.74) is 10.6. The predicted octanol–water partition coefficient (Wildman–Crippen LogP) is 2.67. The third kappa shape index (κ3) is 2.27. The summed E-state index contributed by atoms with van der Waals surface area (Å²) in [4.78, 5) is 7.97. The van der Waals surface area contributed by atoms with Gasteiger partial charge in [0.1, 0.15) is 5.82 Å². The minimum Gasteiger partial charge on any atom is -0.385 e. The largest absolute Gasteiger partial charge is 0.385 e. The van der Waals surface area contributed by atoms with Crippen LogP contribution in [0.3, 0.4) is 0 Å². The maximum atomic E-state index is 6.09. The van der Waals surface area contributed by atoms with Crippen LogP contribution in [0.25, 0.3) is 11.3 Å². The molecule has 4 nitrogen and oxygen atoms in total. The second kappa shape index (κ2) is 4.96. The molecule has 1 aromatic heterocycles. The number of nitrogens with one attached hydrogen (secondary N) is 1. The predicted molar refractivity (Wildman–Crippen MR) is 75.3 cm³/mol. The van der Waals surface area contributed by atoms with Crippen molar-refractivity contribution in [1.29, 1.82) is 0 Å². The van der Waals surface area contributed by atoms with Crippen molar-refractivity contribution in [2.24, 2.45) is 5.73 Å². The molecule has 1 atom stereocenters. The summed E-state index contributed by atoms with van der Waals surface area (Å²) >= 11 is 6.01. The highest BCUT2D eigenvalue weighted by Crippen LogP contribution is 2.36. The summed E-state index contributed by atoms with van der Waals surface area (Å²) in [6, 6.07) is 5.81. The van der Waals surface area contributed by atoms with E-state index >= 15 is 0 Å². The number of rotatable bonds is 4. The van der Waals surface area contributed by atoms with Crippen LogP contribution >= 0.6 is 11.6 Å². The van der Waals surface area contributed by atoms with Crippen LogP contribution in [0.15, 0.2) is 18.2 Å². The molecular weight excluding hydrogens is 262 g/mol. The highest BCUT2D eigenvalue weighted by molar-refractivity contribution is 6.30. The molecule has 3 N–H and O–H groups in total. The van der Waals surface area contributed by atoms with Crippen LogP contribution in [0.2, 0.25) is 5.02 Å². The molecule has 0 spiro atoms. The van der Waals surface area contributed by atoms with Gasteiger partial charge in [0.2, 0.25) is 0 Å². The van der Waals surface area contributed by atoms with Crippen LogP contribution in [0.4, 0.5) is 0 Å². The smallest absolute Gasteiger partial charge is 0.124 e. The number of hydrogen-bond acceptors (Lipinski definition) is 3. The van der Waals surface area contributed by atoms with Gasteiger partial charge in [-0.15, -0.1) is 0 Å². The van der Waals surface area contributed by atoms with Crippen molar-refractivity contribution in [3.63, 3.8) is 0 Å². The van der Waals surface area contributed by atoms with E-state index in [0.29, 0.717) is 6.61 Å². The first kappa shape index (κ1) is 12.7. The van der Waals surface area contributed by atoms with E-state index < -0.39 is 0 Å². The SMILES string of the molecule is COCCC(N)c1nc2c([nH]1)Cc1cc(Cl)ccc1-2. The Balaban J connectivity index is 1.89. The van der Waals surface area contributed by atoms with Crippen LogP contribution in [0.1, 0.15) is 29.5 Å². The van der Waals surface area contributed by atoms with E-state index in [1.807, 2.05) is 18.2 Å². The van der Waals surface area contributed by atoms with Gasteiger partial charge in [-0.2, -0.15) is 0 Å². The number of imidazole rings is 1. The average Bonchev–Trinajstić information content (AvgIpc) is 2.92. The zero-order chi connectivity index (χ0) is 13.4. The molecule has 2 aromatic rings. The molecule has 0 saturated carbocycles. The number of ether oxygens (including phenoxy) is 1. The molecule has 1 aromatic carbocycles. The lowest BCUT2D eigenvalue weighted by Crippen LogP contribution is -2.14. The van der Waals surface area contributed by atoms with Crippen LogP contribution in [-0.4, -0.2) is 23.7 Å². The minimum absolute atomic E-state index is 0.110. The number of H-pyrrole nitrogens is 1. The minimum atomic E-state index is -0.110. The third-order valence-corrected chi connectivity index (χ3v) is 3.71. The van der Waals surface area contributed by atoms with Gasteiger partial charge in [-0.05, 0) is 24.1 Å². The first-order valence-corrected chi connectivity index (χ1v) is 6.69. The van der Waals surface area contributed by atoms with E-state index in [2.05, 4.69) is 9.97 Å². The van der Waals surface area contributed by atoms with E-state index in [-0.39, 0.29) is 6.04 Å². The number of aromatic nitrogens is 2. The third-order valence-electron chi connectivity index (χ3n) is 3.47. The number of aromatic amines is 1. The number of hydrogen-bond donors (Lipinski definition) is 2. The first-order valence-electron chi connectivity index (χ1n) is 6.31. The van der Waals surface area contributed by atoms with Gasteiger partial charge in [-0.25, -0.2) is 4.98 Å². The molecule has 0 saturated heterocycles. The maximum Gasteiger partial charge on any atom is 0.124 e. The fourth-order valence-electron chi connectivity index (χ4n) is 2.47. The summed E-state index contributed by atoms with van der Waals surface area (Å²) in [6.45, 7) is 0.638. The Hall–Kier alpha value is -1.36. The fraction of sp³-hybridized carbons (Fsp3) is 0.357. The van der Waals surface area contributed by atoms with Crippen molar-refractivity contribution < 1.29 is 4.74 Å². The molecule has 0 amide bonds. The standard InChI is InChI=1S/C14H16ClN3O/c1-19-5-4-11(16)14-17-12-7-8-6-9(15)2-3-10(8)13(12)18-14/h2-3,6,11H,4-5,7,16H2,1H3,(H,17,18). The Kier molecular flexibility index (Phi) is 3.31. The van der Waals surface area contributed by atoms with Gasteiger partial charge in [-0.3, -0.25) is 0 Å². The Morgan fingerprint density at radius 1 is 1.53 bits per heavy atom. The number of nitrogens with zero attached hydrogens (tertiary/aromatic N) is 1. The molecule has 0 radical (unpaired) electrons. The molecule has 0 aliphatic heterocycles. The van der Waals surface area contributed by atoms with Crippen LogP contribution in [0, 0.1) is 0 Å². The second-order valence-corrected chi connectivity index (χ2v) is 5.25. The Morgan fingerprint density at radius 2 is 2.37 bits per heavy atom. The maximum absolute atomic E-state index is 6.09. The Bertz CT molecular complexity index is 609. The van der Waals surface area contributed by atoms with Crippen LogP contribution in [0.5, 0.6) is 0 Å². The summed E-state index contributed by atoms with van der Waals surface area (Å²) in [5.74, 6) is 0.836. The van der Waals surface area contributed by atoms with E-state index in [4.69, 9.17) is 22.1 Å². The van der Waals surface area contributed by atoms with Crippen LogP contribution < -0.4 is 5.73 Å². The Morgan fingerprint density at radius 3 is 3.16 bits per heavy atom. The quantitative estimate of drug-likeness (QED) is 0.771. The highest BCUT2D eigenvalue weighted by Gasteiger charge is 2.24. The van der Waals surface area contributed by atoms with Gasteiger partial charge in [-0.1, -0.05) is 17.7 Å². The normalized spacial score (nSPS) is 14.3. The van der Waals surface area contributed by atoms with E-state index in [1.54, 1.807) is 7.11 Å². The molecule has 19 heavy (non-hydrogen) atoms. The van der Waals surface area contributed by atoms with E-state index in [0.717, 1.165) is 40.6 Å². The van der Waals surface area contributed by atoms with E-state index in [9.17, 15) is 0 Å². The molecule has 1 aliphatic carbocycles. The number of methoxy groups -OCH3 is 1.